The van der Waals surface area contributed by atoms with Crippen LogP contribution in [0.25, 0.3) is 0 Å². The summed E-state index contributed by atoms with van der Waals surface area (Å²) >= 11 is 3.75. The van der Waals surface area contributed by atoms with Crippen molar-refractivity contribution in [3.8, 4) is 0 Å². The lowest BCUT2D eigenvalue weighted by Gasteiger charge is -2.37. The zero-order chi connectivity index (χ0) is 38.3. The molecule has 2 N–H and O–H groups in total. The fourth-order valence-corrected chi connectivity index (χ4v) is 9.23. The molecule has 3 saturated heterocycles. The number of unbranched alkanes of at least 4 members (excludes halogenated alkanes) is 1. The highest BCUT2D eigenvalue weighted by Gasteiger charge is 2.77. The van der Waals surface area contributed by atoms with Crippen molar-refractivity contribution < 1.29 is 33.8 Å². The number of nitrogens with one attached hydrogen (secondary N) is 1. The molecular weight excluding hydrogens is 740 g/mol. The largest absolute Gasteiger partial charge is 0.455 e. The summed E-state index contributed by atoms with van der Waals surface area (Å²) in [4.78, 5) is 61.9. The Balaban J connectivity index is 1.49. The second-order valence-corrected chi connectivity index (χ2v) is 15.2. The normalized spacial score (nSPS) is 25.3. The van der Waals surface area contributed by atoms with Gasteiger partial charge >= 0.3 is 5.97 Å². The van der Waals surface area contributed by atoms with E-state index in [0.717, 1.165) is 18.8 Å². The van der Waals surface area contributed by atoms with Crippen LogP contribution in [0.3, 0.4) is 0 Å². The first kappa shape index (κ1) is 40.2. The Kier molecular flexibility index (Phi) is 13.6. The lowest BCUT2D eigenvalue weighted by atomic mass is 9.70. The number of rotatable bonds is 19. The zero-order valence-corrected chi connectivity index (χ0v) is 32.6. The Morgan fingerprint density at radius 3 is 2.38 bits per heavy atom. The third-order valence-corrected chi connectivity index (χ3v) is 11.6. The second-order valence-electron chi connectivity index (χ2n) is 14.0. The maximum absolute atomic E-state index is 15.0. The molecule has 286 valence electrons. The number of halogens is 1. The highest BCUT2D eigenvalue weighted by molar-refractivity contribution is 9.09. The fraction of sp³-hybridized carbons (Fsp3) is 0.512. The van der Waals surface area contributed by atoms with Gasteiger partial charge in [0, 0.05) is 55.4 Å². The number of amides is 3. The summed E-state index contributed by atoms with van der Waals surface area (Å²) in [5.74, 6) is -3.47. The molecule has 2 aromatic rings. The molecule has 0 aromatic heterocycles. The number of esters is 1. The van der Waals surface area contributed by atoms with Crippen molar-refractivity contribution in [2.45, 2.75) is 87.6 Å². The van der Waals surface area contributed by atoms with Gasteiger partial charge in [-0.15, -0.1) is 13.2 Å². The minimum absolute atomic E-state index is 0.0587. The van der Waals surface area contributed by atoms with Gasteiger partial charge in [-0.2, -0.15) is 0 Å². The first-order chi connectivity index (χ1) is 25.6. The summed E-state index contributed by atoms with van der Waals surface area (Å²) < 4.78 is 13.0. The summed E-state index contributed by atoms with van der Waals surface area (Å²) in [7, 11) is 0. The minimum Gasteiger partial charge on any atom is -0.455 e. The monoisotopic (exact) mass is 792 g/mol. The molecule has 3 heterocycles. The van der Waals surface area contributed by atoms with Gasteiger partial charge in [0.25, 0.3) is 5.91 Å². The molecule has 2 bridgehead atoms. The Morgan fingerprint density at radius 1 is 1.08 bits per heavy atom. The first-order valence-electron chi connectivity index (χ1n) is 18.7. The number of hydrogen-bond donors (Lipinski definition) is 2. The Hall–Kier alpha value is -4.00. The summed E-state index contributed by atoms with van der Waals surface area (Å²) in [6.45, 7) is 15.6. The smallest absolute Gasteiger partial charge is 0.313 e. The Labute approximate surface area is 321 Å². The van der Waals surface area contributed by atoms with Gasteiger partial charge in [0.15, 0.2) is 0 Å². The molecule has 12 heteroatoms. The molecule has 1 unspecified atom stereocenters. The molecule has 5 rings (SSSR count). The van der Waals surface area contributed by atoms with Gasteiger partial charge in [-0.1, -0.05) is 58.4 Å². The molecule has 53 heavy (non-hydrogen) atoms. The van der Waals surface area contributed by atoms with Gasteiger partial charge < -0.3 is 34.6 Å². The SMILES string of the molecule is C=CCCC(=O)N[C@H](C)[C@@H](OC(=O)[C@@H]1[C@H]2O[C@@]3(CC2Br)[C@H](C(=O)N(CC=C)c2ccc(N(CC)CC)cc2)N(CCCCO)C(=O)[C@@H]13)c1ccccc1. The van der Waals surface area contributed by atoms with Crippen LogP contribution in [0.1, 0.15) is 64.5 Å². The Bertz CT molecular complexity index is 1620. The summed E-state index contributed by atoms with van der Waals surface area (Å²) in [5.41, 5.74) is 1.08. The minimum atomic E-state index is -1.30. The van der Waals surface area contributed by atoms with Crippen molar-refractivity contribution in [2.75, 3.05) is 42.6 Å². The molecule has 3 fully saturated rings. The van der Waals surface area contributed by atoms with E-state index in [-0.39, 0.29) is 48.7 Å². The van der Waals surface area contributed by atoms with Crippen molar-refractivity contribution in [3.05, 3.63) is 85.5 Å². The van der Waals surface area contributed by atoms with E-state index in [4.69, 9.17) is 9.47 Å². The lowest BCUT2D eigenvalue weighted by Crippen LogP contribution is -2.57. The number of benzene rings is 2. The predicted octanol–water partition coefficient (Wildman–Crippen LogP) is 5.33. The maximum Gasteiger partial charge on any atom is 0.313 e. The van der Waals surface area contributed by atoms with Crippen LogP contribution >= 0.6 is 15.9 Å². The summed E-state index contributed by atoms with van der Waals surface area (Å²) in [6.07, 6.45) is 3.75. The van der Waals surface area contributed by atoms with Crippen molar-refractivity contribution in [1.29, 1.82) is 0 Å². The van der Waals surface area contributed by atoms with E-state index in [2.05, 4.69) is 53.2 Å². The van der Waals surface area contributed by atoms with Gasteiger partial charge in [0.1, 0.15) is 17.7 Å². The van der Waals surface area contributed by atoms with Crippen LogP contribution in [-0.4, -0.2) is 95.1 Å². The number of allylic oxidation sites excluding steroid dienone is 1. The highest BCUT2D eigenvalue weighted by atomic mass is 79.9. The van der Waals surface area contributed by atoms with Gasteiger partial charge in [-0.05, 0) is 76.3 Å². The molecule has 0 aliphatic carbocycles. The third-order valence-electron chi connectivity index (χ3n) is 10.8. The number of nitrogens with zero attached hydrogens (tertiary/aromatic N) is 3. The summed E-state index contributed by atoms with van der Waals surface area (Å²) in [5, 5.41) is 12.6. The van der Waals surface area contributed by atoms with E-state index in [9.17, 15) is 24.3 Å². The lowest BCUT2D eigenvalue weighted by molar-refractivity contribution is -0.162. The highest BCUT2D eigenvalue weighted by Crippen LogP contribution is 2.60. The maximum atomic E-state index is 15.0. The van der Waals surface area contributed by atoms with Crippen LogP contribution in [-0.2, 0) is 28.7 Å². The van der Waals surface area contributed by atoms with Crippen molar-refractivity contribution in [2.24, 2.45) is 11.8 Å². The number of aliphatic hydroxyl groups excluding tert-OH is 1. The molecule has 1 spiro atoms. The average molecular weight is 794 g/mol. The fourth-order valence-electron chi connectivity index (χ4n) is 8.28. The number of carbonyl (C=O) groups excluding carboxylic acids is 4. The molecule has 3 amide bonds. The van der Waals surface area contributed by atoms with Crippen molar-refractivity contribution >= 4 is 51.0 Å². The molecule has 0 saturated carbocycles. The molecule has 8 atom stereocenters. The predicted molar refractivity (Wildman–Crippen MR) is 209 cm³/mol. The molecule has 11 nitrogen and oxygen atoms in total. The number of hydrogen-bond acceptors (Lipinski definition) is 8. The van der Waals surface area contributed by atoms with Crippen LogP contribution in [0, 0.1) is 11.8 Å². The van der Waals surface area contributed by atoms with E-state index < -0.39 is 47.7 Å². The van der Waals surface area contributed by atoms with Gasteiger partial charge in [0.05, 0.1) is 24.0 Å². The Morgan fingerprint density at radius 2 is 1.75 bits per heavy atom. The van der Waals surface area contributed by atoms with Gasteiger partial charge in [-0.25, -0.2) is 0 Å². The van der Waals surface area contributed by atoms with Crippen LogP contribution in [0.2, 0.25) is 0 Å². The first-order valence-corrected chi connectivity index (χ1v) is 19.6. The topological polar surface area (TPSA) is 129 Å². The molecule has 3 aliphatic rings. The number of alkyl halides is 1. The standard InChI is InChI=1S/C41H53BrN4O7/c1-6-10-18-32(48)43-27(5)35(28-16-12-11-13-17-28)52-40(51)33-34-38(49)46(24-14-15-25-47)37(41(34)26-31(42)36(33)53-41)39(50)45(23-7-2)30-21-19-29(20-22-30)44(8-3)9-4/h6-7,11-13,16-17,19-22,27,31,33-37,47H,1-2,8-10,14-15,18,23-26H2,3-5H3,(H,43,48)/t27-,31?,33+,34-,35-,36+,37+,41-/m1/s1. The zero-order valence-electron chi connectivity index (χ0n) is 31.0. The number of ether oxygens (including phenoxy) is 2. The van der Waals surface area contributed by atoms with Crippen molar-refractivity contribution in [3.63, 3.8) is 0 Å². The molecule has 0 radical (unpaired) electrons. The molecule has 3 aliphatic heterocycles. The number of anilines is 2. The van der Waals surface area contributed by atoms with Crippen LogP contribution in [0.5, 0.6) is 0 Å². The number of carbonyl (C=O) groups is 4. The molecular formula is C41H53BrN4O7. The third kappa shape index (κ3) is 8.10. The van der Waals surface area contributed by atoms with Gasteiger partial charge in [0.2, 0.25) is 11.8 Å². The number of likely N-dealkylation sites (tertiary alicyclic amines) is 1. The van der Waals surface area contributed by atoms with E-state index in [1.165, 1.54) is 0 Å². The van der Waals surface area contributed by atoms with Crippen LogP contribution < -0.4 is 15.1 Å². The quantitative estimate of drug-likeness (QED) is 0.0847. The van der Waals surface area contributed by atoms with Crippen LogP contribution in [0.15, 0.2) is 79.9 Å². The van der Waals surface area contributed by atoms with E-state index in [0.29, 0.717) is 36.9 Å². The van der Waals surface area contributed by atoms with Gasteiger partial charge in [-0.3, -0.25) is 19.2 Å². The molecule has 2 aromatic carbocycles. The average Bonchev–Trinajstić information content (AvgIpc) is 3.75. The van der Waals surface area contributed by atoms with E-state index in [1.54, 1.807) is 28.9 Å². The van der Waals surface area contributed by atoms with Crippen LogP contribution in [0.4, 0.5) is 11.4 Å². The van der Waals surface area contributed by atoms with E-state index in [1.807, 2.05) is 54.6 Å². The second kappa shape index (κ2) is 17.9. The number of fused-ring (bicyclic) bond motifs is 1. The van der Waals surface area contributed by atoms with Crippen molar-refractivity contribution in [1.82, 2.24) is 10.2 Å². The van der Waals surface area contributed by atoms with E-state index >= 15 is 0 Å². The summed E-state index contributed by atoms with van der Waals surface area (Å²) in [6, 6.07) is 15.3. The number of aliphatic hydroxyl groups is 1.